The lowest BCUT2D eigenvalue weighted by Gasteiger charge is -2.12. The molecule has 0 saturated carbocycles. The van der Waals surface area contributed by atoms with E-state index >= 15 is 0 Å². The average Bonchev–Trinajstić information content (AvgIpc) is 2.30. The van der Waals surface area contributed by atoms with E-state index in [2.05, 4.69) is 5.32 Å². The molecule has 0 aliphatic carbocycles. The molecule has 0 fully saturated rings. The fourth-order valence-electron chi connectivity index (χ4n) is 1.77. The predicted molar refractivity (Wildman–Crippen MR) is 65.8 cm³/mol. The van der Waals surface area contributed by atoms with Crippen LogP contribution in [-0.2, 0) is 0 Å². The summed E-state index contributed by atoms with van der Waals surface area (Å²) in [4.78, 5) is 0. The molecule has 2 nitrogen and oxygen atoms in total. The molecule has 2 aromatic rings. The summed E-state index contributed by atoms with van der Waals surface area (Å²) in [6.07, 6.45) is 0. The number of rotatable bonds is 2. The molecule has 2 rings (SSSR count). The minimum atomic E-state index is -0.626. The highest BCUT2D eigenvalue weighted by atomic mass is 19.1. The first-order valence-corrected chi connectivity index (χ1v) is 5.15. The molecule has 17 heavy (non-hydrogen) atoms. The second kappa shape index (κ2) is 4.41. The minimum absolute atomic E-state index is 0.286. The Balaban J connectivity index is 2.67. The highest BCUT2D eigenvalue weighted by Crippen LogP contribution is 2.34. The van der Waals surface area contributed by atoms with E-state index in [1.54, 1.807) is 25.2 Å². The molecule has 0 radical (unpaired) electrons. The third-order valence-electron chi connectivity index (χ3n) is 2.57. The van der Waals surface area contributed by atoms with Gasteiger partial charge in [0.05, 0.1) is 0 Å². The van der Waals surface area contributed by atoms with Gasteiger partial charge in [-0.15, -0.1) is 0 Å². The van der Waals surface area contributed by atoms with Gasteiger partial charge in [-0.3, -0.25) is 0 Å². The van der Waals surface area contributed by atoms with E-state index in [4.69, 9.17) is 5.73 Å². The monoisotopic (exact) mass is 234 g/mol. The maximum atomic E-state index is 13.7. The van der Waals surface area contributed by atoms with Crippen LogP contribution < -0.4 is 11.1 Å². The van der Waals surface area contributed by atoms with Crippen molar-refractivity contribution in [1.29, 1.82) is 0 Å². The first-order chi connectivity index (χ1) is 8.13. The van der Waals surface area contributed by atoms with Gasteiger partial charge in [0.2, 0.25) is 0 Å². The van der Waals surface area contributed by atoms with Gasteiger partial charge in [0.1, 0.15) is 11.6 Å². The van der Waals surface area contributed by atoms with Gasteiger partial charge in [0.25, 0.3) is 0 Å². The van der Waals surface area contributed by atoms with Crippen molar-refractivity contribution < 1.29 is 8.78 Å². The van der Waals surface area contributed by atoms with Crippen LogP contribution in [0.25, 0.3) is 11.1 Å². The average molecular weight is 234 g/mol. The summed E-state index contributed by atoms with van der Waals surface area (Å²) in [5, 5.41) is 2.94. The molecule has 4 heteroatoms. The van der Waals surface area contributed by atoms with Crippen molar-refractivity contribution in [3.05, 3.63) is 48.0 Å². The second-order valence-electron chi connectivity index (χ2n) is 3.64. The predicted octanol–water partition coefficient (Wildman–Crippen LogP) is 3.26. The number of benzene rings is 2. The molecule has 0 spiro atoms. The van der Waals surface area contributed by atoms with Crippen molar-refractivity contribution in [2.45, 2.75) is 0 Å². The first-order valence-electron chi connectivity index (χ1n) is 5.15. The third-order valence-corrected chi connectivity index (χ3v) is 2.57. The Labute approximate surface area is 98.1 Å². The van der Waals surface area contributed by atoms with E-state index < -0.39 is 11.6 Å². The van der Waals surface area contributed by atoms with Crippen molar-refractivity contribution in [2.75, 3.05) is 18.1 Å². The molecule has 0 heterocycles. The summed E-state index contributed by atoms with van der Waals surface area (Å²) in [7, 11) is 1.72. The fourth-order valence-corrected chi connectivity index (χ4v) is 1.77. The van der Waals surface area contributed by atoms with E-state index in [0.29, 0.717) is 16.9 Å². The second-order valence-corrected chi connectivity index (χ2v) is 3.64. The number of nitrogens with two attached hydrogens (primary N) is 1. The van der Waals surface area contributed by atoms with Gasteiger partial charge in [-0.2, -0.15) is 0 Å². The summed E-state index contributed by atoms with van der Waals surface area (Å²) in [6, 6.07) is 8.68. The lowest BCUT2D eigenvalue weighted by molar-refractivity contribution is 0.585. The number of anilines is 2. The largest absolute Gasteiger partial charge is 0.398 e. The van der Waals surface area contributed by atoms with E-state index in [1.165, 1.54) is 12.1 Å². The van der Waals surface area contributed by atoms with Gasteiger partial charge < -0.3 is 11.1 Å². The fraction of sp³-hybridized carbons (Fsp3) is 0.0769. The molecule has 3 N–H and O–H groups in total. The molecule has 0 aliphatic heterocycles. The van der Waals surface area contributed by atoms with Crippen LogP contribution in [0.3, 0.4) is 0 Å². The van der Waals surface area contributed by atoms with Crippen LogP contribution in [0.5, 0.6) is 0 Å². The number of hydrogen-bond donors (Lipinski definition) is 2. The summed E-state index contributed by atoms with van der Waals surface area (Å²) in [6.45, 7) is 0. The number of nitrogen functional groups attached to an aromatic ring is 1. The highest BCUT2D eigenvalue weighted by Gasteiger charge is 2.12. The van der Waals surface area contributed by atoms with Crippen LogP contribution in [0.2, 0.25) is 0 Å². The Kier molecular flexibility index (Phi) is 2.95. The van der Waals surface area contributed by atoms with Gasteiger partial charge in [-0.25, -0.2) is 8.78 Å². The van der Waals surface area contributed by atoms with Crippen LogP contribution in [0.1, 0.15) is 0 Å². The zero-order valence-electron chi connectivity index (χ0n) is 9.30. The van der Waals surface area contributed by atoms with Crippen LogP contribution in [0.15, 0.2) is 36.4 Å². The Morgan fingerprint density at radius 2 is 1.88 bits per heavy atom. The van der Waals surface area contributed by atoms with Gasteiger partial charge in [0, 0.05) is 35.6 Å². The molecule has 2 aromatic carbocycles. The van der Waals surface area contributed by atoms with Gasteiger partial charge >= 0.3 is 0 Å². The topological polar surface area (TPSA) is 38.0 Å². The van der Waals surface area contributed by atoms with Crippen LogP contribution in [0, 0.1) is 11.6 Å². The minimum Gasteiger partial charge on any atom is -0.398 e. The molecule has 88 valence electrons. The SMILES string of the molecule is CNc1cccc(N)c1-c1ccc(F)cc1F. The standard InChI is InChI=1S/C13H12F2N2/c1-17-12-4-2-3-11(16)13(12)9-6-5-8(14)7-10(9)15/h2-7,17H,16H2,1H3. The molecule has 0 unspecified atom stereocenters. The van der Waals surface area contributed by atoms with Crippen molar-refractivity contribution in [2.24, 2.45) is 0 Å². The molecule has 0 amide bonds. The van der Waals surface area contributed by atoms with E-state index in [1.807, 2.05) is 0 Å². The molecular weight excluding hydrogens is 222 g/mol. The molecule has 0 atom stereocenters. The lowest BCUT2D eigenvalue weighted by atomic mass is 10.0. The number of nitrogens with one attached hydrogen (secondary N) is 1. The first kappa shape index (κ1) is 11.4. The van der Waals surface area contributed by atoms with Crippen LogP contribution in [0.4, 0.5) is 20.2 Å². The molecular formula is C13H12F2N2. The van der Waals surface area contributed by atoms with Gasteiger partial charge in [0.15, 0.2) is 0 Å². The Morgan fingerprint density at radius 1 is 1.12 bits per heavy atom. The molecule has 0 aliphatic rings. The highest BCUT2D eigenvalue weighted by molar-refractivity contribution is 5.87. The van der Waals surface area contributed by atoms with Gasteiger partial charge in [-0.05, 0) is 24.3 Å². The van der Waals surface area contributed by atoms with Gasteiger partial charge in [-0.1, -0.05) is 6.07 Å². The maximum absolute atomic E-state index is 13.7. The van der Waals surface area contributed by atoms with Crippen LogP contribution in [-0.4, -0.2) is 7.05 Å². The van der Waals surface area contributed by atoms with Crippen LogP contribution >= 0.6 is 0 Å². The van der Waals surface area contributed by atoms with Crippen molar-refractivity contribution in [3.63, 3.8) is 0 Å². The third kappa shape index (κ3) is 2.06. The van der Waals surface area contributed by atoms with Crippen molar-refractivity contribution in [3.8, 4) is 11.1 Å². The molecule has 0 saturated heterocycles. The number of halogens is 2. The zero-order chi connectivity index (χ0) is 12.4. The summed E-state index contributed by atoms with van der Waals surface area (Å²) >= 11 is 0. The summed E-state index contributed by atoms with van der Waals surface area (Å²) < 4.78 is 26.6. The lowest BCUT2D eigenvalue weighted by Crippen LogP contribution is -1.98. The Bertz CT molecular complexity index is 553. The quantitative estimate of drug-likeness (QED) is 0.783. The smallest absolute Gasteiger partial charge is 0.134 e. The zero-order valence-corrected chi connectivity index (χ0v) is 9.30. The van der Waals surface area contributed by atoms with Crippen molar-refractivity contribution >= 4 is 11.4 Å². The molecule has 0 bridgehead atoms. The summed E-state index contributed by atoms with van der Waals surface area (Å²) in [5.41, 5.74) is 7.82. The van der Waals surface area contributed by atoms with E-state index in [9.17, 15) is 8.78 Å². The number of hydrogen-bond acceptors (Lipinski definition) is 2. The van der Waals surface area contributed by atoms with E-state index in [0.717, 1.165) is 6.07 Å². The van der Waals surface area contributed by atoms with E-state index in [-0.39, 0.29) is 5.56 Å². The molecule has 0 aromatic heterocycles. The maximum Gasteiger partial charge on any atom is 0.134 e. The Hall–Kier alpha value is -2.10. The normalized spacial score (nSPS) is 10.3. The van der Waals surface area contributed by atoms with Crippen molar-refractivity contribution in [1.82, 2.24) is 0 Å². The summed E-state index contributed by atoms with van der Waals surface area (Å²) in [5.74, 6) is -1.23. The Morgan fingerprint density at radius 3 is 2.53 bits per heavy atom.